The number of hydrogen-bond donors (Lipinski definition) is 7. The van der Waals surface area contributed by atoms with Gasteiger partial charge in [-0.05, 0) is 87.3 Å². The smallest absolute Gasteiger partial charge is 0.293 e. The lowest BCUT2D eigenvalue weighted by molar-refractivity contribution is -0.384. The molecule has 5 aromatic rings. The van der Waals surface area contributed by atoms with E-state index in [2.05, 4.69) is 35.2 Å². The second-order valence-corrected chi connectivity index (χ2v) is 21.8. The number of nitrogens with one attached hydrogen (secondary N) is 3. The highest BCUT2D eigenvalue weighted by Gasteiger charge is 2.33. The van der Waals surface area contributed by atoms with Gasteiger partial charge in [-0.2, -0.15) is 0 Å². The van der Waals surface area contributed by atoms with Gasteiger partial charge >= 0.3 is 0 Å². The highest BCUT2D eigenvalue weighted by Crippen LogP contribution is 2.36. The molecule has 2 heterocycles. The van der Waals surface area contributed by atoms with Crippen LogP contribution in [0.4, 0.5) is 22.7 Å². The molecule has 2 aliphatic rings. The highest BCUT2D eigenvalue weighted by atomic mass is 32.2. The summed E-state index contributed by atoms with van der Waals surface area (Å²) in [6.45, 7) is 12.2. The number of carbonyl (C=O) groups is 1. The third-order valence-corrected chi connectivity index (χ3v) is 14.2. The first-order chi connectivity index (χ1) is 31.0. The summed E-state index contributed by atoms with van der Waals surface area (Å²) in [4.78, 5) is 19.4. The van der Waals surface area contributed by atoms with Crippen LogP contribution in [0.25, 0.3) is 0 Å². The Morgan fingerprint density at radius 2 is 1.13 bits per heavy atom. The molecule has 0 atom stereocenters. The number of nitro groups is 1. The van der Waals surface area contributed by atoms with Crippen molar-refractivity contribution in [3.05, 3.63) is 106 Å². The minimum Gasteiger partial charge on any atom is -0.483 e. The number of anilines is 3. The molecule has 0 amide bonds. The number of nitrogen functional groups attached to an aromatic ring is 2. The molecule has 0 spiro atoms. The molecule has 23 heteroatoms. The maximum absolute atomic E-state index is 13.0. The third-order valence-electron chi connectivity index (χ3n) is 11.1. The molecule has 2 saturated carbocycles. The van der Waals surface area contributed by atoms with E-state index < -0.39 is 25.0 Å². The normalized spacial score (nSPS) is 18.8. The lowest BCUT2D eigenvalue weighted by Gasteiger charge is -2.27. The Kier molecular flexibility index (Phi) is 18.1. The van der Waals surface area contributed by atoms with Crippen LogP contribution in [0.3, 0.4) is 0 Å². The Morgan fingerprint density at radius 3 is 1.54 bits per heavy atom. The van der Waals surface area contributed by atoms with E-state index >= 15 is 0 Å². The van der Waals surface area contributed by atoms with Crippen LogP contribution in [0.5, 0.6) is 0 Å². The van der Waals surface area contributed by atoms with Crippen molar-refractivity contribution in [2.24, 2.45) is 0 Å². The predicted molar refractivity (Wildman–Crippen MR) is 252 cm³/mol. The number of nitrogens with zero attached hydrogens (tertiary/aromatic N) is 5. The van der Waals surface area contributed by atoms with E-state index in [0.29, 0.717) is 74.3 Å². The summed E-state index contributed by atoms with van der Waals surface area (Å²) < 4.78 is 68.4. The average Bonchev–Trinajstić information content (AvgIpc) is 3.98. The van der Waals surface area contributed by atoms with Crippen LogP contribution in [-0.2, 0) is 42.2 Å². The highest BCUT2D eigenvalue weighted by molar-refractivity contribution is 7.89. The van der Waals surface area contributed by atoms with Gasteiger partial charge in [0.1, 0.15) is 5.69 Å². The number of benzene rings is 3. The SMILES string of the molecule is CC(C)(C)c1nnc(C2CCC(NS(=O)(=O)c3ccc(N)c(N)c3)CC2)o1.CC(C)(C)c1nnc(C2CCC(NS(=O)(=O)c3ccc(NCc4ccccc4)c([N+](=O)[O-])c3)CC2)o1.N.O=CO. The van der Waals surface area contributed by atoms with Crippen LogP contribution in [0.1, 0.15) is 134 Å². The van der Waals surface area contributed by atoms with Crippen molar-refractivity contribution < 1.29 is 40.5 Å². The van der Waals surface area contributed by atoms with Gasteiger partial charge in [0, 0.05) is 47.4 Å². The molecule has 0 saturated heterocycles. The summed E-state index contributed by atoms with van der Waals surface area (Å²) in [5.74, 6) is 2.71. The van der Waals surface area contributed by atoms with E-state index in [9.17, 15) is 26.9 Å². The van der Waals surface area contributed by atoms with E-state index in [4.69, 9.17) is 30.2 Å². The minimum absolute atomic E-state index is 0. The van der Waals surface area contributed by atoms with Crippen LogP contribution in [0, 0.1) is 10.1 Å². The Bertz CT molecular complexity index is 2630. The van der Waals surface area contributed by atoms with Gasteiger partial charge in [0.25, 0.3) is 12.2 Å². The number of aromatic nitrogens is 4. The molecule has 366 valence electrons. The molecule has 21 nitrogen and oxygen atoms in total. The fourth-order valence-electron chi connectivity index (χ4n) is 7.39. The standard InChI is InChI=1S/C25H31N5O5S.C18H27N5O3S.CH2O2.H3N/c1-25(2,3)24-28-27-23(35-24)18-9-11-19(12-10-18)29-36(33,34)20-13-14-21(22(15-20)30(31)32)26-16-17-7-5-4-6-8-17;1-18(2,3)17-22-21-16(26-17)11-4-6-12(7-5-11)23-27(24,25)13-8-9-14(19)15(20)10-13;2-1-3;/h4-8,13-15,18-19,26,29H,9-12,16H2,1-3H3;8-12,23H,4-7,19-20H2,1-3H3;1H,(H,2,3);1H3. The van der Waals surface area contributed by atoms with Crippen LogP contribution in [0.2, 0.25) is 0 Å². The van der Waals surface area contributed by atoms with Gasteiger partial charge in [-0.25, -0.2) is 26.3 Å². The topological polar surface area (TPSA) is 350 Å². The fourth-order valence-corrected chi connectivity index (χ4v) is 10.1. The second-order valence-electron chi connectivity index (χ2n) is 18.4. The lowest BCUT2D eigenvalue weighted by atomic mass is 9.86. The number of sulfonamides is 2. The first kappa shape index (κ1) is 53.6. The van der Waals surface area contributed by atoms with Gasteiger partial charge in [0.2, 0.25) is 43.6 Å². The Labute approximate surface area is 391 Å². The van der Waals surface area contributed by atoms with Crippen molar-refractivity contribution in [3.63, 3.8) is 0 Å². The quantitative estimate of drug-likeness (QED) is 0.0279. The molecular formula is C44H63N11O10S2. The molecule has 67 heavy (non-hydrogen) atoms. The second kappa shape index (κ2) is 22.7. The number of carboxylic acid groups (broad SMARTS) is 1. The molecule has 2 aromatic heterocycles. The summed E-state index contributed by atoms with van der Waals surface area (Å²) in [5.41, 5.74) is 12.5. The van der Waals surface area contributed by atoms with Crippen molar-refractivity contribution in [1.82, 2.24) is 36.0 Å². The van der Waals surface area contributed by atoms with Gasteiger partial charge in [-0.1, -0.05) is 71.9 Å². The fraction of sp³-hybridized carbons (Fsp3) is 0.477. The monoisotopic (exact) mass is 969 g/mol. The van der Waals surface area contributed by atoms with E-state index in [1.165, 1.54) is 30.3 Å². The molecule has 0 unspecified atom stereocenters. The van der Waals surface area contributed by atoms with E-state index in [1.54, 1.807) is 0 Å². The number of hydrogen-bond acceptors (Lipinski definition) is 17. The summed E-state index contributed by atoms with van der Waals surface area (Å²) >= 11 is 0. The number of nitro benzene ring substituents is 1. The summed E-state index contributed by atoms with van der Waals surface area (Å²) in [5, 5.41) is 38.3. The minimum atomic E-state index is -3.93. The number of nitrogens with two attached hydrogens (primary N) is 2. The largest absolute Gasteiger partial charge is 0.483 e. The number of rotatable bonds is 12. The molecule has 0 radical (unpaired) electrons. The zero-order chi connectivity index (χ0) is 48.5. The van der Waals surface area contributed by atoms with Crippen molar-refractivity contribution in [1.29, 1.82) is 0 Å². The molecule has 2 aliphatic carbocycles. The van der Waals surface area contributed by atoms with Crippen molar-refractivity contribution in [2.75, 3.05) is 16.8 Å². The Balaban J connectivity index is 0.000000282. The summed E-state index contributed by atoms with van der Waals surface area (Å²) in [7, 11) is -7.56. The lowest BCUT2D eigenvalue weighted by Crippen LogP contribution is -2.37. The van der Waals surface area contributed by atoms with Crippen molar-refractivity contribution in [2.45, 2.75) is 144 Å². The van der Waals surface area contributed by atoms with Crippen LogP contribution in [-0.4, -0.2) is 65.8 Å². The van der Waals surface area contributed by atoms with Gasteiger partial charge < -0.3 is 36.9 Å². The molecule has 3 aromatic carbocycles. The van der Waals surface area contributed by atoms with Crippen molar-refractivity contribution in [3.8, 4) is 0 Å². The van der Waals surface area contributed by atoms with Crippen molar-refractivity contribution >= 4 is 49.3 Å². The maximum Gasteiger partial charge on any atom is 0.293 e. The molecule has 11 N–H and O–H groups in total. The molecular weight excluding hydrogens is 907 g/mol. The molecule has 0 aliphatic heterocycles. The van der Waals surface area contributed by atoms with Gasteiger partial charge in [0.15, 0.2) is 0 Å². The Hall–Kier alpha value is -6.01. The first-order valence-electron chi connectivity index (χ1n) is 21.5. The average molecular weight is 970 g/mol. The summed E-state index contributed by atoms with van der Waals surface area (Å²) in [6, 6.07) is 17.3. The summed E-state index contributed by atoms with van der Waals surface area (Å²) in [6.07, 6.45) is 5.64. The molecule has 0 bridgehead atoms. The van der Waals surface area contributed by atoms with E-state index in [0.717, 1.165) is 24.5 Å². The van der Waals surface area contributed by atoms with Gasteiger partial charge in [0.05, 0.1) is 26.1 Å². The third kappa shape index (κ3) is 14.7. The van der Waals surface area contributed by atoms with Gasteiger partial charge in [-0.3, -0.25) is 14.9 Å². The zero-order valence-corrected chi connectivity index (χ0v) is 40.3. The van der Waals surface area contributed by atoms with E-state index in [1.807, 2.05) is 71.9 Å². The first-order valence-corrected chi connectivity index (χ1v) is 24.5. The molecule has 7 rings (SSSR count). The van der Waals surface area contributed by atoms with Crippen LogP contribution >= 0.6 is 0 Å². The van der Waals surface area contributed by atoms with Gasteiger partial charge in [-0.15, -0.1) is 20.4 Å². The van der Waals surface area contributed by atoms with E-state index in [-0.39, 0.29) is 74.2 Å². The van der Waals surface area contributed by atoms with Crippen LogP contribution < -0.4 is 32.4 Å². The zero-order valence-electron chi connectivity index (χ0n) is 38.6. The predicted octanol–water partition coefficient (Wildman–Crippen LogP) is 7.29. The molecule has 2 fully saturated rings. The van der Waals surface area contributed by atoms with Crippen LogP contribution in [0.15, 0.2) is 85.4 Å². The Morgan fingerprint density at radius 1 is 0.701 bits per heavy atom. The maximum atomic E-state index is 13.0.